The number of nitrogens with two attached hydrogens (primary N) is 1. The second-order valence-electron chi connectivity index (χ2n) is 7.51. The van der Waals surface area contributed by atoms with Crippen molar-refractivity contribution in [3.63, 3.8) is 0 Å². The van der Waals surface area contributed by atoms with E-state index in [1.807, 2.05) is 18.2 Å². The number of hydrogen-bond acceptors (Lipinski definition) is 11. The molecule has 2 atom stereocenters. The van der Waals surface area contributed by atoms with Crippen LogP contribution < -0.4 is 15.6 Å². The number of rotatable bonds is 7. The molecule has 1 fully saturated rings. The van der Waals surface area contributed by atoms with Crippen LogP contribution in [0.1, 0.15) is 5.82 Å². The van der Waals surface area contributed by atoms with Gasteiger partial charge in [0, 0.05) is 28.9 Å². The minimum atomic E-state index is -1.22. The number of anilines is 1. The number of carboxylic acids is 1. The molecule has 15 heteroatoms. The van der Waals surface area contributed by atoms with Crippen molar-refractivity contribution >= 4 is 63.0 Å². The molecule has 180 valence electrons. The van der Waals surface area contributed by atoms with Crippen LogP contribution >= 0.6 is 23.3 Å². The minimum Gasteiger partial charge on any atom is -0.477 e. The van der Waals surface area contributed by atoms with Gasteiger partial charge in [0.1, 0.15) is 24.2 Å². The predicted molar refractivity (Wildman–Crippen MR) is 124 cm³/mol. The lowest BCUT2D eigenvalue weighted by Gasteiger charge is -2.49. The number of fused-ring (bicyclic) bond motifs is 2. The Kier molecular flexibility index (Phi) is 5.86. The van der Waals surface area contributed by atoms with E-state index in [0.29, 0.717) is 17.0 Å². The average Bonchev–Trinajstić information content (AvgIpc) is 3.49. The van der Waals surface area contributed by atoms with Crippen molar-refractivity contribution in [2.75, 3.05) is 18.6 Å². The van der Waals surface area contributed by atoms with Crippen LogP contribution in [0, 0.1) is 0 Å². The maximum absolute atomic E-state index is 13.0. The van der Waals surface area contributed by atoms with Crippen molar-refractivity contribution < 1.29 is 33.3 Å². The summed E-state index contributed by atoms with van der Waals surface area (Å²) in [5, 5.41) is 16.6. The summed E-state index contributed by atoms with van der Waals surface area (Å²) in [4.78, 5) is 47.8. The number of carboxylic acid groups (broad SMARTS) is 1. The highest BCUT2D eigenvalue weighted by molar-refractivity contribution is 8.00. The fourth-order valence-electron chi connectivity index (χ4n) is 3.94. The van der Waals surface area contributed by atoms with Gasteiger partial charge in [-0.15, -0.1) is 11.8 Å². The number of aliphatic carboxylic acids is 1. The van der Waals surface area contributed by atoms with Crippen molar-refractivity contribution in [1.29, 1.82) is 0 Å². The van der Waals surface area contributed by atoms with Crippen molar-refractivity contribution in [1.82, 2.24) is 19.6 Å². The van der Waals surface area contributed by atoms with Crippen molar-refractivity contribution in [3.8, 4) is 0 Å². The lowest BCUT2D eigenvalue weighted by atomic mass is 10.0. The lowest BCUT2D eigenvalue weighted by molar-refractivity contribution is -0.669. The molecule has 0 aliphatic carbocycles. The first-order chi connectivity index (χ1) is 16.9. The second-order valence-corrected chi connectivity index (χ2v) is 9.40. The number of nitrogen functional groups attached to an aromatic ring is 1. The maximum Gasteiger partial charge on any atom is 0.380 e. The van der Waals surface area contributed by atoms with E-state index in [2.05, 4.69) is 19.8 Å². The van der Waals surface area contributed by atoms with Crippen LogP contribution in [0.4, 0.5) is 5.13 Å². The van der Waals surface area contributed by atoms with Crippen LogP contribution in [-0.2, 0) is 25.8 Å². The van der Waals surface area contributed by atoms with E-state index in [1.165, 1.54) is 23.8 Å². The molecule has 2 amide bonds. The van der Waals surface area contributed by atoms with Gasteiger partial charge in [0.25, 0.3) is 11.8 Å². The first-order valence-corrected chi connectivity index (χ1v) is 12.0. The van der Waals surface area contributed by atoms with Crippen LogP contribution in [0.15, 0.2) is 51.5 Å². The number of oxime groups is 1. The summed E-state index contributed by atoms with van der Waals surface area (Å²) in [5.41, 5.74) is 6.39. The summed E-state index contributed by atoms with van der Waals surface area (Å²) in [6.07, 6.45) is 3.34. The van der Waals surface area contributed by atoms with Crippen LogP contribution in [-0.4, -0.2) is 67.1 Å². The number of thioether (sulfide) groups is 1. The highest BCUT2D eigenvalue weighted by Gasteiger charge is 2.55. The Balaban J connectivity index is 1.38. The van der Waals surface area contributed by atoms with Gasteiger partial charge in [-0.2, -0.15) is 13.9 Å². The summed E-state index contributed by atoms with van der Waals surface area (Å²) in [6, 6.07) is 4.58. The van der Waals surface area contributed by atoms with E-state index in [1.54, 1.807) is 17.0 Å². The number of carbonyl (C=O) groups excluding carboxylic acids is 2. The molecule has 0 saturated carbocycles. The Labute approximate surface area is 205 Å². The fraction of sp³-hybridized carbons (Fsp3) is 0.250. The van der Waals surface area contributed by atoms with E-state index in [4.69, 9.17) is 15.0 Å². The smallest absolute Gasteiger partial charge is 0.380 e. The van der Waals surface area contributed by atoms with Crippen molar-refractivity contribution in [2.45, 2.75) is 18.0 Å². The Bertz CT molecular complexity index is 1410. The van der Waals surface area contributed by atoms with Gasteiger partial charge < -0.3 is 25.4 Å². The third kappa shape index (κ3) is 3.97. The van der Waals surface area contributed by atoms with E-state index in [0.717, 1.165) is 16.9 Å². The molecule has 2 aliphatic heterocycles. The monoisotopic (exact) mass is 516 g/mol. The Morgan fingerprint density at radius 1 is 1.46 bits per heavy atom. The zero-order chi connectivity index (χ0) is 24.7. The first kappa shape index (κ1) is 22.8. The van der Waals surface area contributed by atoms with Crippen LogP contribution in [0.2, 0.25) is 0 Å². The van der Waals surface area contributed by atoms with Crippen LogP contribution in [0.25, 0.3) is 11.1 Å². The Hall–Kier alpha value is -3.98. The Morgan fingerprint density at radius 3 is 3.00 bits per heavy atom. The molecule has 1 unspecified atom stereocenters. The summed E-state index contributed by atoms with van der Waals surface area (Å²) in [7, 11) is 1.25. The highest BCUT2D eigenvalue weighted by Crippen LogP contribution is 2.40. The zero-order valence-electron chi connectivity index (χ0n) is 18.1. The standard InChI is InChI=1S/C20H17N7O6S2/c1-32-24-11(14-23-20(21)35-25-14)15(28)22-12-16(29)27-13(19(30)31)10(8-34-18(12)27)7-26-5-2-3-9-4-6-33-17(9)26/h2-6,12,18H,7-8H2,1H3,(H3-,21,22,23,25,28,30,31)/p+1/b24-11-/t12?,18-/m1/s1. The van der Waals surface area contributed by atoms with Gasteiger partial charge in [-0.1, -0.05) is 5.16 Å². The summed E-state index contributed by atoms with van der Waals surface area (Å²) >= 11 is 2.23. The average molecular weight is 517 g/mol. The predicted octanol–water partition coefficient (Wildman–Crippen LogP) is -0.0567. The topological polar surface area (TPSA) is 177 Å². The molecule has 0 radical (unpaired) electrons. The van der Waals surface area contributed by atoms with Gasteiger partial charge in [0.2, 0.25) is 11.5 Å². The normalized spacial score (nSPS) is 20.0. The zero-order valence-corrected chi connectivity index (χ0v) is 19.7. The molecular formula is C20H18N7O6S2+. The molecule has 1 saturated heterocycles. The third-order valence-corrected chi connectivity index (χ3v) is 7.31. The van der Waals surface area contributed by atoms with Crippen LogP contribution in [0.3, 0.4) is 0 Å². The van der Waals surface area contributed by atoms with E-state index in [-0.39, 0.29) is 28.9 Å². The van der Waals surface area contributed by atoms with E-state index < -0.39 is 29.2 Å². The van der Waals surface area contributed by atoms with Gasteiger partial charge in [-0.05, 0) is 12.1 Å². The quantitative estimate of drug-likeness (QED) is 0.167. The number of nitrogens with zero attached hydrogens (tertiary/aromatic N) is 5. The van der Waals surface area contributed by atoms with Crippen molar-refractivity contribution in [3.05, 3.63) is 47.8 Å². The SMILES string of the molecule is CO/N=C(\C(=O)NC1C(=O)N2C(C(=O)O)=C(C[n+]3cccc4ccoc43)CS[C@H]12)c1nsc(N)n1. The van der Waals surface area contributed by atoms with E-state index >= 15 is 0 Å². The fourth-order valence-corrected chi connectivity index (χ4v) is 5.71. The van der Waals surface area contributed by atoms with Crippen molar-refractivity contribution in [2.24, 2.45) is 5.16 Å². The molecule has 3 aromatic heterocycles. The number of hydrogen-bond donors (Lipinski definition) is 3. The molecule has 2 aliphatic rings. The summed E-state index contributed by atoms with van der Waals surface area (Å²) < 4.78 is 11.3. The number of amides is 2. The first-order valence-electron chi connectivity index (χ1n) is 10.2. The number of β-lactam (4-membered cyclic amide) rings is 1. The van der Waals surface area contributed by atoms with E-state index in [9.17, 15) is 19.5 Å². The molecule has 13 nitrogen and oxygen atoms in total. The maximum atomic E-state index is 13.0. The number of carbonyl (C=O) groups is 3. The molecule has 35 heavy (non-hydrogen) atoms. The molecule has 4 N–H and O–H groups in total. The second kappa shape index (κ2) is 8.99. The third-order valence-electron chi connectivity index (χ3n) is 5.43. The Morgan fingerprint density at radius 2 is 2.29 bits per heavy atom. The van der Waals surface area contributed by atoms with Gasteiger partial charge in [-0.3, -0.25) is 14.5 Å². The summed E-state index contributed by atoms with van der Waals surface area (Å²) in [5.74, 6) is -2.21. The van der Waals surface area contributed by atoms with Gasteiger partial charge >= 0.3 is 11.7 Å². The number of aromatic nitrogens is 3. The summed E-state index contributed by atoms with van der Waals surface area (Å²) in [6.45, 7) is 0.231. The molecule has 0 aromatic carbocycles. The largest absolute Gasteiger partial charge is 0.477 e. The molecular weight excluding hydrogens is 498 g/mol. The number of pyridine rings is 1. The van der Waals surface area contributed by atoms with Crippen LogP contribution in [0.5, 0.6) is 0 Å². The highest BCUT2D eigenvalue weighted by atomic mass is 32.2. The number of nitrogens with one attached hydrogen (secondary N) is 1. The molecule has 3 aromatic rings. The molecule has 0 bridgehead atoms. The van der Waals surface area contributed by atoms with Gasteiger partial charge in [0.15, 0.2) is 17.9 Å². The van der Waals surface area contributed by atoms with Gasteiger partial charge in [0.05, 0.1) is 11.6 Å². The lowest BCUT2D eigenvalue weighted by Crippen LogP contribution is -2.71. The van der Waals surface area contributed by atoms with Gasteiger partial charge in [-0.25, -0.2) is 4.79 Å². The minimum absolute atomic E-state index is 0.0377. The number of furan rings is 1. The molecule has 5 heterocycles. The molecule has 0 spiro atoms. The molecule has 5 rings (SSSR count).